The monoisotopic (exact) mass is 335 g/mol. The highest BCUT2D eigenvalue weighted by atomic mass is 35.5. The average molecular weight is 336 g/mol. The number of hydrogen-bond acceptors (Lipinski definition) is 4. The van der Waals surface area contributed by atoms with E-state index in [1.54, 1.807) is 19.1 Å². The number of benzene rings is 2. The van der Waals surface area contributed by atoms with Crippen LogP contribution in [0.15, 0.2) is 41.3 Å². The zero-order chi connectivity index (χ0) is 16.3. The summed E-state index contributed by atoms with van der Waals surface area (Å²) in [6, 6.07) is 11.0. The van der Waals surface area contributed by atoms with Gasteiger partial charge < -0.3 is 4.18 Å². The molecule has 0 spiro atoms. The van der Waals surface area contributed by atoms with Gasteiger partial charge in [-0.2, -0.15) is 13.7 Å². The van der Waals surface area contributed by atoms with Gasteiger partial charge in [0.05, 0.1) is 11.6 Å². The van der Waals surface area contributed by atoms with Crippen LogP contribution in [0.5, 0.6) is 5.75 Å². The van der Waals surface area contributed by atoms with Gasteiger partial charge in [-0.15, -0.1) is 0 Å². The minimum absolute atomic E-state index is 0.0412. The van der Waals surface area contributed by atoms with Crippen LogP contribution in [0.3, 0.4) is 0 Å². The van der Waals surface area contributed by atoms with Crippen molar-refractivity contribution in [2.45, 2.75) is 25.2 Å². The molecule has 22 heavy (non-hydrogen) atoms. The summed E-state index contributed by atoms with van der Waals surface area (Å²) in [6.07, 6.45) is 0.673. The minimum Gasteiger partial charge on any atom is -0.379 e. The van der Waals surface area contributed by atoms with Gasteiger partial charge in [-0.25, -0.2) is 0 Å². The first-order valence-electron chi connectivity index (χ1n) is 6.61. The van der Waals surface area contributed by atoms with Gasteiger partial charge in [-0.05, 0) is 60.9 Å². The highest BCUT2D eigenvalue weighted by molar-refractivity contribution is 7.87. The molecule has 0 aliphatic carbocycles. The Morgan fingerprint density at radius 3 is 2.55 bits per heavy atom. The number of halogens is 1. The largest absolute Gasteiger partial charge is 0.379 e. The average Bonchev–Trinajstić information content (AvgIpc) is 2.48. The topological polar surface area (TPSA) is 67.2 Å². The van der Waals surface area contributed by atoms with Gasteiger partial charge in [-0.3, -0.25) is 0 Å². The number of rotatable bonds is 4. The molecule has 0 aliphatic heterocycles. The second-order valence-electron chi connectivity index (χ2n) is 4.74. The van der Waals surface area contributed by atoms with E-state index >= 15 is 0 Å². The molecule has 0 aromatic heterocycles. The second kappa shape index (κ2) is 6.39. The summed E-state index contributed by atoms with van der Waals surface area (Å²) in [5, 5.41) is 9.40. The van der Waals surface area contributed by atoms with Crippen molar-refractivity contribution in [1.82, 2.24) is 0 Å². The van der Waals surface area contributed by atoms with Gasteiger partial charge in [0, 0.05) is 5.02 Å². The van der Waals surface area contributed by atoms with Gasteiger partial charge in [0.25, 0.3) is 0 Å². The van der Waals surface area contributed by atoms with Crippen LogP contribution in [0, 0.1) is 18.3 Å². The fraction of sp³-hybridized carbons (Fsp3) is 0.188. The predicted octanol–water partition coefficient (Wildman–Crippen LogP) is 3.85. The molecule has 2 aromatic rings. The first-order valence-corrected chi connectivity index (χ1v) is 8.39. The van der Waals surface area contributed by atoms with Crippen molar-refractivity contribution in [1.29, 1.82) is 5.26 Å². The van der Waals surface area contributed by atoms with Crippen molar-refractivity contribution >= 4 is 21.7 Å². The highest BCUT2D eigenvalue weighted by Gasteiger charge is 2.20. The summed E-state index contributed by atoms with van der Waals surface area (Å²) >= 11 is 6.01. The van der Waals surface area contributed by atoms with Crippen LogP contribution in [0.25, 0.3) is 0 Å². The molecule has 0 fully saturated rings. The third kappa shape index (κ3) is 3.41. The third-order valence-corrected chi connectivity index (χ3v) is 4.95. The molecule has 0 bridgehead atoms. The molecule has 0 heterocycles. The van der Waals surface area contributed by atoms with Crippen LogP contribution < -0.4 is 4.18 Å². The maximum Gasteiger partial charge on any atom is 0.339 e. The SMILES string of the molecule is CCc1cc(OS(=O)(=O)c2ccc(C#N)cc2C)ccc1Cl. The Bertz CT molecular complexity index is 854. The minimum atomic E-state index is -3.96. The van der Waals surface area contributed by atoms with E-state index in [0.29, 0.717) is 22.6 Å². The summed E-state index contributed by atoms with van der Waals surface area (Å²) in [4.78, 5) is 0.0412. The molecule has 0 amide bonds. The number of aryl methyl sites for hydroxylation is 2. The molecule has 0 N–H and O–H groups in total. The van der Waals surface area contributed by atoms with Gasteiger partial charge in [0.1, 0.15) is 10.6 Å². The molecule has 2 aromatic carbocycles. The standard InChI is InChI=1S/C16H14ClNO3S/c1-3-13-9-14(5-6-15(13)17)21-22(19,20)16-7-4-12(10-18)8-11(16)2/h4-9H,3H2,1-2H3. The lowest BCUT2D eigenvalue weighted by Gasteiger charge is -2.11. The first kappa shape index (κ1) is 16.3. The molecule has 0 unspecified atom stereocenters. The zero-order valence-electron chi connectivity index (χ0n) is 12.1. The summed E-state index contributed by atoms with van der Waals surface area (Å²) < 4.78 is 29.9. The Hall–Kier alpha value is -2.03. The fourth-order valence-corrected chi connectivity index (χ4v) is 3.43. The van der Waals surface area contributed by atoms with Crippen molar-refractivity contribution in [3.05, 3.63) is 58.1 Å². The number of hydrogen-bond donors (Lipinski definition) is 0. The molecule has 0 aliphatic rings. The van der Waals surface area contributed by atoms with E-state index in [-0.39, 0.29) is 10.6 Å². The fourth-order valence-electron chi connectivity index (χ4n) is 2.04. The van der Waals surface area contributed by atoms with E-state index in [9.17, 15) is 8.42 Å². The van der Waals surface area contributed by atoms with Crippen LogP contribution in [0.2, 0.25) is 5.02 Å². The number of nitrogens with zero attached hydrogens (tertiary/aromatic N) is 1. The molecule has 0 saturated heterocycles. The molecular formula is C16H14ClNO3S. The molecular weight excluding hydrogens is 322 g/mol. The van der Waals surface area contributed by atoms with Crippen LogP contribution in [0.4, 0.5) is 0 Å². The lowest BCUT2D eigenvalue weighted by Crippen LogP contribution is -2.11. The number of nitriles is 1. The summed E-state index contributed by atoms with van der Waals surface area (Å²) in [5.41, 5.74) is 1.67. The van der Waals surface area contributed by atoms with Crippen molar-refractivity contribution in [2.75, 3.05) is 0 Å². The Morgan fingerprint density at radius 2 is 1.95 bits per heavy atom. The summed E-state index contributed by atoms with van der Waals surface area (Å²) in [6.45, 7) is 3.54. The second-order valence-corrected chi connectivity index (χ2v) is 6.66. The lowest BCUT2D eigenvalue weighted by atomic mass is 10.2. The first-order chi connectivity index (χ1) is 10.4. The molecule has 0 saturated carbocycles. The molecule has 0 radical (unpaired) electrons. The Morgan fingerprint density at radius 1 is 1.23 bits per heavy atom. The van der Waals surface area contributed by atoms with Gasteiger partial charge in [0.2, 0.25) is 0 Å². The van der Waals surface area contributed by atoms with Gasteiger partial charge in [0.15, 0.2) is 0 Å². The predicted molar refractivity (Wildman–Crippen MR) is 84.5 cm³/mol. The summed E-state index contributed by atoms with van der Waals surface area (Å²) in [5.74, 6) is 0.213. The molecule has 0 atom stereocenters. The Kier molecular flexibility index (Phi) is 4.74. The molecule has 2 rings (SSSR count). The highest BCUT2D eigenvalue weighted by Crippen LogP contribution is 2.26. The van der Waals surface area contributed by atoms with Crippen molar-refractivity contribution in [2.24, 2.45) is 0 Å². The Balaban J connectivity index is 2.38. The van der Waals surface area contributed by atoms with Gasteiger partial charge in [-0.1, -0.05) is 18.5 Å². The van der Waals surface area contributed by atoms with E-state index in [1.165, 1.54) is 24.3 Å². The van der Waals surface area contributed by atoms with Crippen molar-refractivity contribution in [3.8, 4) is 11.8 Å². The Labute approximate surface area is 135 Å². The van der Waals surface area contributed by atoms with Crippen LogP contribution in [0.1, 0.15) is 23.6 Å². The molecule has 114 valence electrons. The molecule has 6 heteroatoms. The normalized spacial score (nSPS) is 11.0. The van der Waals surface area contributed by atoms with Crippen LogP contribution in [-0.4, -0.2) is 8.42 Å². The lowest BCUT2D eigenvalue weighted by molar-refractivity contribution is 0.485. The van der Waals surface area contributed by atoms with E-state index in [1.807, 2.05) is 13.0 Å². The third-order valence-electron chi connectivity index (χ3n) is 3.18. The maximum absolute atomic E-state index is 12.4. The quantitative estimate of drug-likeness (QED) is 0.796. The van der Waals surface area contributed by atoms with Crippen molar-refractivity contribution in [3.63, 3.8) is 0 Å². The van der Waals surface area contributed by atoms with E-state index in [2.05, 4.69) is 0 Å². The summed E-state index contributed by atoms with van der Waals surface area (Å²) in [7, 11) is -3.96. The van der Waals surface area contributed by atoms with E-state index in [0.717, 1.165) is 5.56 Å². The molecule has 4 nitrogen and oxygen atoms in total. The van der Waals surface area contributed by atoms with Crippen LogP contribution >= 0.6 is 11.6 Å². The van der Waals surface area contributed by atoms with E-state index < -0.39 is 10.1 Å². The maximum atomic E-state index is 12.4. The van der Waals surface area contributed by atoms with E-state index in [4.69, 9.17) is 21.0 Å². The smallest absolute Gasteiger partial charge is 0.339 e. The zero-order valence-corrected chi connectivity index (χ0v) is 13.7. The van der Waals surface area contributed by atoms with Gasteiger partial charge >= 0.3 is 10.1 Å². The van der Waals surface area contributed by atoms with Crippen LogP contribution in [-0.2, 0) is 16.5 Å². The van der Waals surface area contributed by atoms with Crippen molar-refractivity contribution < 1.29 is 12.6 Å².